The molecule has 0 unspecified atom stereocenters. The first-order valence-corrected chi connectivity index (χ1v) is 7.85. The second kappa shape index (κ2) is 8.65. The molecule has 13 heteroatoms. The molecule has 1 aromatic heterocycles. The smallest absolute Gasteiger partial charge is 0.389 e. The molecule has 0 aromatic carbocycles. The number of aliphatic hydroxyl groups excluding tert-OH is 2. The molecule has 10 nitrogen and oxygen atoms in total. The molecule has 0 bridgehead atoms. The zero-order chi connectivity index (χ0) is 20.2. The third-order valence-corrected chi connectivity index (χ3v) is 3.81. The number of nitrogens with zero attached hydrogens (tertiary/aromatic N) is 2. The van der Waals surface area contributed by atoms with Gasteiger partial charge in [-0.2, -0.15) is 18.2 Å². The number of nitrogens with one attached hydrogen (secondary N) is 1. The van der Waals surface area contributed by atoms with Crippen molar-refractivity contribution in [1.29, 1.82) is 0 Å². The van der Waals surface area contributed by atoms with Crippen molar-refractivity contribution >= 4 is 11.8 Å². The Balaban J connectivity index is 1.91. The predicted octanol–water partition coefficient (Wildman–Crippen LogP) is -0.0606. The third-order valence-electron chi connectivity index (χ3n) is 3.81. The predicted molar refractivity (Wildman–Crippen MR) is 80.7 cm³/mol. The Bertz CT molecular complexity index is 712. The fourth-order valence-corrected chi connectivity index (χ4v) is 2.45. The summed E-state index contributed by atoms with van der Waals surface area (Å²) in [5, 5.41) is 28.7. The first-order valence-electron chi connectivity index (χ1n) is 7.85. The Hall–Kier alpha value is -2.22. The van der Waals surface area contributed by atoms with E-state index in [1.165, 1.54) is 6.07 Å². The van der Waals surface area contributed by atoms with Gasteiger partial charge >= 0.3 is 17.8 Å². The van der Waals surface area contributed by atoms with Crippen molar-refractivity contribution in [3.63, 3.8) is 0 Å². The molecule has 0 spiro atoms. The SMILES string of the molecule is O=C(CCCC(F)(F)F)OC[C@H]1O[C@@H](n2ccc(NO)nc2=O)[C@H](O)[C@@H]1O. The lowest BCUT2D eigenvalue weighted by molar-refractivity contribution is -0.153. The molecule has 0 radical (unpaired) electrons. The van der Waals surface area contributed by atoms with E-state index in [-0.39, 0.29) is 5.82 Å². The van der Waals surface area contributed by atoms with E-state index in [4.69, 9.17) is 14.7 Å². The molecule has 4 atom stereocenters. The highest BCUT2D eigenvalue weighted by atomic mass is 19.4. The number of halogens is 3. The van der Waals surface area contributed by atoms with Crippen molar-refractivity contribution in [1.82, 2.24) is 9.55 Å². The van der Waals surface area contributed by atoms with Crippen LogP contribution in [0.25, 0.3) is 0 Å². The zero-order valence-corrected chi connectivity index (χ0v) is 13.8. The van der Waals surface area contributed by atoms with E-state index in [0.717, 1.165) is 10.8 Å². The summed E-state index contributed by atoms with van der Waals surface area (Å²) in [6.45, 7) is -0.516. The molecular weight excluding hydrogens is 379 g/mol. The summed E-state index contributed by atoms with van der Waals surface area (Å²) in [4.78, 5) is 26.8. The summed E-state index contributed by atoms with van der Waals surface area (Å²) in [5.74, 6) is -1.06. The van der Waals surface area contributed by atoms with Gasteiger partial charge in [0.15, 0.2) is 12.0 Å². The van der Waals surface area contributed by atoms with Crippen molar-refractivity contribution in [2.45, 2.75) is 50.0 Å². The summed E-state index contributed by atoms with van der Waals surface area (Å²) < 4.78 is 47.0. The Morgan fingerprint density at radius 2 is 2.07 bits per heavy atom. The molecule has 1 saturated heterocycles. The van der Waals surface area contributed by atoms with Gasteiger partial charge in [0, 0.05) is 19.0 Å². The summed E-state index contributed by atoms with van der Waals surface area (Å²) in [5.41, 5.74) is 0.775. The van der Waals surface area contributed by atoms with E-state index >= 15 is 0 Å². The number of aromatic nitrogens is 2. The fraction of sp³-hybridized carbons (Fsp3) is 0.643. The van der Waals surface area contributed by atoms with E-state index in [0.29, 0.717) is 0 Å². The molecule has 0 saturated carbocycles. The molecule has 27 heavy (non-hydrogen) atoms. The van der Waals surface area contributed by atoms with Gasteiger partial charge < -0.3 is 19.7 Å². The van der Waals surface area contributed by atoms with Gasteiger partial charge in [-0.1, -0.05) is 0 Å². The Labute approximate surface area is 150 Å². The van der Waals surface area contributed by atoms with E-state index in [2.05, 4.69) is 4.98 Å². The van der Waals surface area contributed by atoms with Crippen LogP contribution >= 0.6 is 0 Å². The monoisotopic (exact) mass is 397 g/mol. The van der Waals surface area contributed by atoms with Crippen molar-refractivity contribution in [2.24, 2.45) is 0 Å². The van der Waals surface area contributed by atoms with Gasteiger partial charge in [0.05, 0.1) is 0 Å². The van der Waals surface area contributed by atoms with E-state index in [9.17, 15) is 33.0 Å². The molecular formula is C14H18F3N3O7. The number of rotatable bonds is 7. The lowest BCUT2D eigenvalue weighted by atomic mass is 10.1. The van der Waals surface area contributed by atoms with Gasteiger partial charge in [0.2, 0.25) is 0 Å². The molecule has 152 valence electrons. The van der Waals surface area contributed by atoms with Crippen molar-refractivity contribution in [2.75, 3.05) is 12.1 Å². The lowest BCUT2D eigenvalue weighted by Gasteiger charge is -2.17. The third kappa shape index (κ3) is 5.63. The van der Waals surface area contributed by atoms with E-state index in [1.807, 2.05) is 0 Å². The maximum atomic E-state index is 12.0. The van der Waals surface area contributed by atoms with Crippen LogP contribution in [0.3, 0.4) is 0 Å². The standard InChI is InChI=1S/C14H18F3N3O7/c15-14(16,17)4-1-2-9(21)26-6-7-10(22)11(23)12(27-7)20-5-3-8(19-25)18-13(20)24/h3,5,7,10-12,22-23,25H,1-2,4,6H2,(H,18,19,24)/t7-,10-,11-,12-/m1/s1. The first-order chi connectivity index (χ1) is 12.6. The van der Waals surface area contributed by atoms with Gasteiger partial charge in [-0.3, -0.25) is 20.0 Å². The van der Waals surface area contributed by atoms with Crippen molar-refractivity contribution in [3.05, 3.63) is 22.7 Å². The first kappa shape index (κ1) is 21.1. The minimum Gasteiger partial charge on any atom is -0.463 e. The number of hydrogen-bond acceptors (Lipinski definition) is 9. The molecule has 0 amide bonds. The summed E-state index contributed by atoms with van der Waals surface area (Å²) >= 11 is 0. The molecule has 1 aliphatic rings. The largest absolute Gasteiger partial charge is 0.463 e. The van der Waals surface area contributed by atoms with Crippen LogP contribution in [-0.2, 0) is 14.3 Å². The summed E-state index contributed by atoms with van der Waals surface area (Å²) in [6, 6.07) is 1.21. The van der Waals surface area contributed by atoms with Gasteiger partial charge in [-0.15, -0.1) is 0 Å². The highest BCUT2D eigenvalue weighted by molar-refractivity contribution is 5.69. The number of carbonyl (C=O) groups is 1. The highest BCUT2D eigenvalue weighted by Gasteiger charge is 2.44. The van der Waals surface area contributed by atoms with Crippen LogP contribution in [0.15, 0.2) is 17.1 Å². The van der Waals surface area contributed by atoms with Crippen molar-refractivity contribution < 1.29 is 42.9 Å². The Kier molecular flexibility index (Phi) is 6.75. The number of alkyl halides is 3. The van der Waals surface area contributed by atoms with Gasteiger partial charge in [-0.05, 0) is 12.5 Å². The normalized spacial score (nSPS) is 25.4. The van der Waals surface area contributed by atoms with Gasteiger partial charge in [-0.25, -0.2) is 4.79 Å². The average molecular weight is 397 g/mol. The number of hydrogen-bond donors (Lipinski definition) is 4. The number of aliphatic hydroxyl groups is 2. The second-order valence-corrected chi connectivity index (χ2v) is 5.81. The minimum absolute atomic E-state index is 0.145. The molecule has 2 rings (SSSR count). The molecule has 1 aromatic rings. The molecule has 0 aliphatic carbocycles. The summed E-state index contributed by atoms with van der Waals surface area (Å²) in [6.07, 6.45) is -10.8. The minimum atomic E-state index is -4.37. The number of esters is 1. The fourth-order valence-electron chi connectivity index (χ4n) is 2.45. The van der Waals surface area contributed by atoms with Crippen LogP contribution in [0.5, 0.6) is 0 Å². The van der Waals surface area contributed by atoms with Gasteiger partial charge in [0.1, 0.15) is 24.9 Å². The molecule has 2 heterocycles. The van der Waals surface area contributed by atoms with E-state index < -0.39 is 68.2 Å². The molecule has 1 aliphatic heterocycles. The van der Waals surface area contributed by atoms with E-state index in [1.54, 1.807) is 5.48 Å². The molecule has 4 N–H and O–H groups in total. The maximum absolute atomic E-state index is 12.0. The number of ether oxygens (including phenoxy) is 2. The quantitative estimate of drug-likeness (QED) is 0.367. The molecule has 1 fully saturated rings. The van der Waals surface area contributed by atoms with Crippen LogP contribution in [0.4, 0.5) is 19.0 Å². The Morgan fingerprint density at radius 3 is 2.67 bits per heavy atom. The average Bonchev–Trinajstić information content (AvgIpc) is 2.87. The Morgan fingerprint density at radius 1 is 1.37 bits per heavy atom. The second-order valence-electron chi connectivity index (χ2n) is 5.81. The van der Waals surface area contributed by atoms with Crippen LogP contribution in [0, 0.1) is 0 Å². The van der Waals surface area contributed by atoms with Crippen LogP contribution in [-0.4, -0.2) is 62.0 Å². The lowest BCUT2D eigenvalue weighted by Crippen LogP contribution is -2.36. The topological polar surface area (TPSA) is 143 Å². The van der Waals surface area contributed by atoms with Crippen molar-refractivity contribution in [3.8, 4) is 0 Å². The van der Waals surface area contributed by atoms with Crippen LogP contribution in [0.2, 0.25) is 0 Å². The van der Waals surface area contributed by atoms with Gasteiger partial charge in [0.25, 0.3) is 0 Å². The highest BCUT2D eigenvalue weighted by Crippen LogP contribution is 2.29. The zero-order valence-electron chi connectivity index (χ0n) is 13.8. The van der Waals surface area contributed by atoms with Crippen LogP contribution in [0.1, 0.15) is 25.5 Å². The number of carbonyl (C=O) groups excluding carboxylic acids is 1. The summed E-state index contributed by atoms with van der Waals surface area (Å²) in [7, 11) is 0. The maximum Gasteiger partial charge on any atom is 0.389 e. The number of anilines is 1. The van der Waals surface area contributed by atoms with Crippen LogP contribution < -0.4 is 11.2 Å².